The van der Waals surface area contributed by atoms with Gasteiger partial charge in [0.2, 0.25) is 5.91 Å². The Morgan fingerprint density at radius 1 is 1.12 bits per heavy atom. The molecule has 0 fully saturated rings. The largest absolute Gasteiger partial charge is 0.494 e. The van der Waals surface area contributed by atoms with Crippen molar-refractivity contribution in [1.29, 1.82) is 0 Å². The van der Waals surface area contributed by atoms with E-state index in [0.717, 1.165) is 11.4 Å². The molecule has 0 saturated heterocycles. The van der Waals surface area contributed by atoms with Gasteiger partial charge in [-0.3, -0.25) is 4.79 Å². The lowest BCUT2D eigenvalue weighted by atomic mass is 10.2. The van der Waals surface area contributed by atoms with Crippen LogP contribution in [0.1, 0.15) is 12.6 Å². The predicted octanol–water partition coefficient (Wildman–Crippen LogP) is 4.61. The first-order chi connectivity index (χ1) is 12.6. The van der Waals surface area contributed by atoms with Crippen LogP contribution in [0.3, 0.4) is 0 Å². The summed E-state index contributed by atoms with van der Waals surface area (Å²) in [6.07, 6.45) is 0.175. The molecule has 5 nitrogen and oxygen atoms in total. The molecule has 0 aliphatic heterocycles. The molecule has 134 valence electrons. The van der Waals surface area contributed by atoms with E-state index in [1.165, 1.54) is 23.5 Å². The zero-order valence-corrected chi connectivity index (χ0v) is 15.0. The average molecular weight is 371 g/mol. The summed E-state index contributed by atoms with van der Waals surface area (Å²) in [6.45, 7) is 2.52. The van der Waals surface area contributed by atoms with E-state index in [4.69, 9.17) is 4.74 Å². The summed E-state index contributed by atoms with van der Waals surface area (Å²) in [6, 6.07) is 13.2. The number of carbonyl (C=O) groups is 1. The molecule has 0 radical (unpaired) electrons. The topological polar surface area (TPSA) is 63.2 Å². The Morgan fingerprint density at radius 3 is 2.50 bits per heavy atom. The Balaban J connectivity index is 1.54. The molecule has 1 heterocycles. The molecule has 3 rings (SSSR count). The number of amides is 1. The van der Waals surface area contributed by atoms with Gasteiger partial charge < -0.3 is 15.4 Å². The van der Waals surface area contributed by atoms with Crippen molar-refractivity contribution in [1.82, 2.24) is 4.98 Å². The second kappa shape index (κ2) is 8.44. The van der Waals surface area contributed by atoms with Crippen LogP contribution < -0.4 is 15.4 Å². The van der Waals surface area contributed by atoms with Gasteiger partial charge in [0.25, 0.3) is 0 Å². The van der Waals surface area contributed by atoms with E-state index in [2.05, 4.69) is 15.6 Å². The van der Waals surface area contributed by atoms with Gasteiger partial charge in [-0.1, -0.05) is 0 Å². The number of carbonyl (C=O) groups excluding carboxylic acids is 1. The zero-order chi connectivity index (χ0) is 18.4. The minimum Gasteiger partial charge on any atom is -0.494 e. The van der Waals surface area contributed by atoms with Gasteiger partial charge >= 0.3 is 0 Å². The summed E-state index contributed by atoms with van der Waals surface area (Å²) >= 11 is 1.39. The summed E-state index contributed by atoms with van der Waals surface area (Å²) < 4.78 is 18.3. The second-order valence-corrected chi connectivity index (χ2v) is 6.32. The molecule has 0 aliphatic carbocycles. The summed E-state index contributed by atoms with van der Waals surface area (Å²) in [5, 5.41) is 8.40. The number of nitrogens with zero attached hydrogens (tertiary/aromatic N) is 1. The smallest absolute Gasteiger partial charge is 0.230 e. The van der Waals surface area contributed by atoms with Crippen LogP contribution in [0.4, 0.5) is 20.9 Å². The molecular weight excluding hydrogens is 353 g/mol. The van der Waals surface area contributed by atoms with Crippen LogP contribution in [0, 0.1) is 5.82 Å². The van der Waals surface area contributed by atoms with Crippen molar-refractivity contribution in [3.05, 3.63) is 65.4 Å². The molecule has 0 unspecified atom stereocenters. The monoisotopic (exact) mass is 371 g/mol. The van der Waals surface area contributed by atoms with Crippen molar-refractivity contribution in [3.8, 4) is 5.75 Å². The molecule has 0 atom stereocenters. The fourth-order valence-corrected chi connectivity index (χ4v) is 3.00. The van der Waals surface area contributed by atoms with E-state index in [9.17, 15) is 9.18 Å². The number of hydrogen-bond donors (Lipinski definition) is 2. The zero-order valence-electron chi connectivity index (χ0n) is 14.2. The summed E-state index contributed by atoms with van der Waals surface area (Å²) in [7, 11) is 0. The fourth-order valence-electron chi connectivity index (χ4n) is 2.27. The predicted molar refractivity (Wildman–Crippen MR) is 102 cm³/mol. The molecule has 7 heteroatoms. The number of aromatic nitrogens is 1. The average Bonchev–Trinajstić information content (AvgIpc) is 3.05. The Morgan fingerprint density at radius 2 is 1.81 bits per heavy atom. The summed E-state index contributed by atoms with van der Waals surface area (Å²) in [4.78, 5) is 16.5. The highest BCUT2D eigenvalue weighted by molar-refractivity contribution is 7.13. The SMILES string of the molecule is CCOc1ccc(NC(=O)Cc2csc(Nc3ccc(F)cc3)n2)cc1. The van der Waals surface area contributed by atoms with E-state index in [0.29, 0.717) is 23.1 Å². The highest BCUT2D eigenvalue weighted by Gasteiger charge is 2.09. The van der Waals surface area contributed by atoms with Crippen molar-refractivity contribution < 1.29 is 13.9 Å². The number of benzene rings is 2. The van der Waals surface area contributed by atoms with Gasteiger partial charge in [0.05, 0.1) is 18.7 Å². The first kappa shape index (κ1) is 17.9. The standard InChI is InChI=1S/C19H18FN3O2S/c1-2-25-17-9-7-14(8-10-17)21-18(24)11-16-12-26-19(23-16)22-15-5-3-13(20)4-6-15/h3-10,12H,2,11H2,1H3,(H,21,24)(H,22,23). The molecule has 26 heavy (non-hydrogen) atoms. The maximum absolute atomic E-state index is 12.9. The van der Waals surface area contributed by atoms with Crippen LogP contribution in [0.15, 0.2) is 53.9 Å². The van der Waals surface area contributed by atoms with E-state index >= 15 is 0 Å². The minimum atomic E-state index is -0.290. The molecule has 2 aromatic carbocycles. The highest BCUT2D eigenvalue weighted by atomic mass is 32.1. The van der Waals surface area contributed by atoms with Gasteiger partial charge in [-0.25, -0.2) is 9.37 Å². The van der Waals surface area contributed by atoms with Gasteiger partial charge in [0.15, 0.2) is 5.13 Å². The molecule has 2 N–H and O–H groups in total. The third-order valence-corrected chi connectivity index (χ3v) is 4.24. The van der Waals surface area contributed by atoms with Crippen LogP contribution in [0.2, 0.25) is 0 Å². The number of halogens is 1. The number of rotatable bonds is 7. The molecule has 0 aliphatic rings. The number of nitrogens with one attached hydrogen (secondary N) is 2. The molecule has 0 saturated carbocycles. The Kier molecular flexibility index (Phi) is 5.80. The maximum atomic E-state index is 12.9. The van der Waals surface area contributed by atoms with Crippen molar-refractivity contribution >= 4 is 33.8 Å². The van der Waals surface area contributed by atoms with Crippen molar-refractivity contribution in [2.24, 2.45) is 0 Å². The first-order valence-corrected chi connectivity index (χ1v) is 9.00. The summed E-state index contributed by atoms with van der Waals surface area (Å²) in [5.74, 6) is 0.329. The lowest BCUT2D eigenvalue weighted by molar-refractivity contribution is -0.115. The first-order valence-electron chi connectivity index (χ1n) is 8.12. The van der Waals surface area contributed by atoms with Crippen LogP contribution in [-0.2, 0) is 11.2 Å². The quantitative estimate of drug-likeness (QED) is 0.637. The third-order valence-electron chi connectivity index (χ3n) is 3.44. The van der Waals surface area contributed by atoms with Gasteiger partial charge in [-0.2, -0.15) is 0 Å². The Labute approximate surface area is 154 Å². The number of hydrogen-bond acceptors (Lipinski definition) is 5. The molecule has 1 amide bonds. The van der Waals surface area contributed by atoms with Gasteiger partial charge in [0, 0.05) is 16.8 Å². The lowest BCUT2D eigenvalue weighted by Gasteiger charge is -2.06. The lowest BCUT2D eigenvalue weighted by Crippen LogP contribution is -2.14. The molecular formula is C19H18FN3O2S. The highest BCUT2D eigenvalue weighted by Crippen LogP contribution is 2.22. The fraction of sp³-hybridized carbons (Fsp3) is 0.158. The Hall–Kier alpha value is -2.93. The van der Waals surface area contributed by atoms with Crippen LogP contribution in [-0.4, -0.2) is 17.5 Å². The van der Waals surface area contributed by atoms with Crippen molar-refractivity contribution in [3.63, 3.8) is 0 Å². The second-order valence-electron chi connectivity index (χ2n) is 5.46. The maximum Gasteiger partial charge on any atom is 0.230 e. The Bertz CT molecular complexity index is 863. The van der Waals surface area contributed by atoms with Crippen molar-refractivity contribution in [2.75, 3.05) is 17.2 Å². The third kappa shape index (κ3) is 5.03. The molecule has 1 aromatic heterocycles. The van der Waals surface area contributed by atoms with Crippen LogP contribution in [0.5, 0.6) is 5.75 Å². The molecule has 0 bridgehead atoms. The normalized spacial score (nSPS) is 10.4. The summed E-state index contributed by atoms with van der Waals surface area (Å²) in [5.41, 5.74) is 2.12. The van der Waals surface area contributed by atoms with E-state index < -0.39 is 0 Å². The molecule has 0 spiro atoms. The molecule has 3 aromatic rings. The van der Waals surface area contributed by atoms with E-state index in [1.54, 1.807) is 24.3 Å². The van der Waals surface area contributed by atoms with Gasteiger partial charge in [-0.05, 0) is 55.5 Å². The van der Waals surface area contributed by atoms with Crippen LogP contribution >= 0.6 is 11.3 Å². The van der Waals surface area contributed by atoms with Gasteiger partial charge in [-0.15, -0.1) is 11.3 Å². The van der Waals surface area contributed by atoms with Crippen molar-refractivity contribution in [2.45, 2.75) is 13.3 Å². The van der Waals surface area contributed by atoms with Crippen LogP contribution in [0.25, 0.3) is 0 Å². The van der Waals surface area contributed by atoms with Gasteiger partial charge in [0.1, 0.15) is 11.6 Å². The van der Waals surface area contributed by atoms with E-state index in [-0.39, 0.29) is 18.1 Å². The van der Waals surface area contributed by atoms with E-state index in [1.807, 2.05) is 24.4 Å². The minimum absolute atomic E-state index is 0.146. The number of thiazole rings is 1. The number of anilines is 3. The number of ether oxygens (including phenoxy) is 1.